The Morgan fingerprint density at radius 2 is 1.18 bits per heavy atom. The number of rotatable bonds is 4. The number of benzene rings is 9. The molecule has 3 heterocycles. The summed E-state index contributed by atoms with van der Waals surface area (Å²) in [6, 6.07) is 75.9. The molecule has 3 unspecified atom stereocenters. The summed E-state index contributed by atoms with van der Waals surface area (Å²) in [5.74, 6) is 0.638. The van der Waals surface area contributed by atoms with E-state index >= 15 is 0 Å². The molecule has 1 aliphatic heterocycles. The molecule has 15 rings (SSSR count). The number of fused-ring (bicyclic) bond motifs is 18. The summed E-state index contributed by atoms with van der Waals surface area (Å²) in [5, 5.41) is 5.22. The molecule has 0 fully saturated rings. The summed E-state index contributed by atoms with van der Waals surface area (Å²) in [4.78, 5) is 2.55. The minimum atomic E-state index is -0.550. The Balaban J connectivity index is 0.980. The summed E-state index contributed by atoms with van der Waals surface area (Å²) in [5.41, 5.74) is 19.9. The lowest BCUT2D eigenvalue weighted by Gasteiger charge is -2.40. The zero-order valence-electron chi connectivity index (χ0n) is 37.2. The quantitative estimate of drug-likeness (QED) is 0.171. The summed E-state index contributed by atoms with van der Waals surface area (Å²) in [7, 11) is 0. The number of thiophene rings is 1. The van der Waals surface area contributed by atoms with E-state index in [0.717, 1.165) is 11.4 Å². The highest BCUT2D eigenvalue weighted by Crippen LogP contribution is 2.62. The molecule has 2 nitrogen and oxygen atoms in total. The van der Waals surface area contributed by atoms with E-state index in [1.807, 2.05) is 11.3 Å². The van der Waals surface area contributed by atoms with E-state index in [9.17, 15) is 0 Å². The van der Waals surface area contributed by atoms with Gasteiger partial charge >= 0.3 is 0 Å². The second-order valence-electron chi connectivity index (χ2n) is 19.6. The van der Waals surface area contributed by atoms with Crippen LogP contribution in [0.3, 0.4) is 0 Å². The number of para-hydroxylation sites is 3. The second-order valence-corrected chi connectivity index (χ2v) is 20.7. The smallest absolute Gasteiger partial charge is 0.0755 e. The third-order valence-corrected chi connectivity index (χ3v) is 17.2. The van der Waals surface area contributed by atoms with E-state index in [0.29, 0.717) is 11.8 Å². The molecule has 0 N–H and O–H groups in total. The van der Waals surface area contributed by atoms with E-state index < -0.39 is 5.41 Å². The number of hydrogen-bond acceptors (Lipinski definition) is 2. The first kappa shape index (κ1) is 37.5. The van der Waals surface area contributed by atoms with Crippen molar-refractivity contribution in [1.29, 1.82) is 0 Å². The number of anilines is 2. The fourth-order valence-electron chi connectivity index (χ4n) is 13.2. The molecule has 67 heavy (non-hydrogen) atoms. The average Bonchev–Trinajstić information content (AvgIpc) is 4.08. The Morgan fingerprint density at radius 1 is 0.493 bits per heavy atom. The molecule has 3 aliphatic carbocycles. The van der Waals surface area contributed by atoms with Gasteiger partial charge in [0, 0.05) is 53.9 Å². The van der Waals surface area contributed by atoms with Crippen molar-refractivity contribution in [1.82, 2.24) is 4.57 Å². The van der Waals surface area contributed by atoms with Crippen molar-refractivity contribution in [2.75, 3.05) is 4.90 Å². The summed E-state index contributed by atoms with van der Waals surface area (Å²) in [6.45, 7) is 4.88. The first-order valence-corrected chi connectivity index (χ1v) is 24.5. The minimum absolute atomic E-state index is 0.0317. The number of nitrogens with zero attached hydrogens (tertiary/aromatic N) is 2. The first-order valence-electron chi connectivity index (χ1n) is 23.7. The molecule has 4 aliphatic rings. The van der Waals surface area contributed by atoms with Crippen molar-refractivity contribution in [2.45, 2.75) is 30.6 Å². The van der Waals surface area contributed by atoms with Crippen molar-refractivity contribution in [3.8, 4) is 27.9 Å². The summed E-state index contributed by atoms with van der Waals surface area (Å²) in [6.07, 6.45) is 7.48. The third-order valence-electron chi connectivity index (χ3n) is 16.1. The molecule has 0 radical (unpaired) electrons. The van der Waals surface area contributed by atoms with Crippen LogP contribution in [0.1, 0.15) is 53.1 Å². The van der Waals surface area contributed by atoms with Crippen molar-refractivity contribution in [2.24, 2.45) is 5.92 Å². The van der Waals surface area contributed by atoms with Gasteiger partial charge in [0.15, 0.2) is 0 Å². The first-order chi connectivity index (χ1) is 33.0. The molecule has 0 saturated carbocycles. The molecule has 3 atom stereocenters. The van der Waals surface area contributed by atoms with Gasteiger partial charge in [-0.2, -0.15) is 0 Å². The van der Waals surface area contributed by atoms with Crippen LogP contribution >= 0.6 is 11.3 Å². The van der Waals surface area contributed by atoms with Crippen LogP contribution in [0.4, 0.5) is 11.4 Å². The Morgan fingerprint density at radius 3 is 2.10 bits per heavy atom. The van der Waals surface area contributed by atoms with Crippen molar-refractivity contribution < 1.29 is 0 Å². The SMILES string of the molecule is CC1(C)c2ccccc2C2C=CC(N(c3cccc(-c4ccc5sc6ccccc6c5c4)c3)c3ccc4c(c3)C3(c5ccccc5-4)c4ccccc4-n4c5ccccc5c5cccc3c54)=CC21. The zero-order chi connectivity index (χ0) is 44.2. The molecule has 9 aromatic carbocycles. The van der Waals surface area contributed by atoms with Gasteiger partial charge < -0.3 is 9.47 Å². The molecule has 0 bridgehead atoms. The van der Waals surface area contributed by atoms with Gasteiger partial charge in [0.25, 0.3) is 0 Å². The van der Waals surface area contributed by atoms with Gasteiger partial charge in [0.1, 0.15) is 0 Å². The molecule has 0 saturated heterocycles. The Labute approximate surface area is 394 Å². The predicted molar refractivity (Wildman–Crippen MR) is 281 cm³/mol. The van der Waals surface area contributed by atoms with Gasteiger partial charge in [-0.25, -0.2) is 0 Å². The minimum Gasteiger partial charge on any atom is -0.311 e. The van der Waals surface area contributed by atoms with E-state index in [2.05, 4.69) is 242 Å². The molecule has 11 aromatic rings. The standard InChI is InChI=1S/C64H44N2S/c1-63(2)52-22-7-3-17-44(52)46-32-30-42(37-56(46)63)65(41-16-13-15-39(35-41)40-29-34-61-51(36-40)49-20-6-12-28-60(49)67-61)43-31-33-47-45-18-4-8-23-53(45)64(57(47)38-43)54-24-9-11-27-59(54)66-58-26-10-5-19-48(58)50-21-14-25-55(64)62(50)66/h3-38,46,56H,1-2H3. The lowest BCUT2D eigenvalue weighted by molar-refractivity contribution is 0.392. The zero-order valence-corrected chi connectivity index (χ0v) is 38.1. The Bertz CT molecular complexity index is 4010. The van der Waals surface area contributed by atoms with Crippen LogP contribution in [0.15, 0.2) is 224 Å². The van der Waals surface area contributed by atoms with Crippen molar-refractivity contribution >= 4 is 64.7 Å². The van der Waals surface area contributed by atoms with Crippen molar-refractivity contribution in [3.05, 3.63) is 257 Å². The second kappa shape index (κ2) is 13.4. The van der Waals surface area contributed by atoms with Gasteiger partial charge in [-0.3, -0.25) is 0 Å². The molecule has 0 amide bonds. The molecular weight excluding hydrogens is 829 g/mol. The van der Waals surface area contributed by atoms with Crippen molar-refractivity contribution in [3.63, 3.8) is 0 Å². The highest BCUT2D eigenvalue weighted by Gasteiger charge is 2.51. The third kappa shape index (κ3) is 4.89. The Hall–Kier alpha value is -7.72. The van der Waals surface area contributed by atoms with Gasteiger partial charge in [-0.05, 0) is 128 Å². The molecule has 316 valence electrons. The van der Waals surface area contributed by atoms with Gasteiger partial charge in [-0.1, -0.05) is 172 Å². The maximum atomic E-state index is 2.59. The van der Waals surface area contributed by atoms with Crippen LogP contribution in [0.2, 0.25) is 0 Å². The monoisotopic (exact) mass is 872 g/mol. The van der Waals surface area contributed by atoms with E-state index in [1.54, 1.807) is 0 Å². The van der Waals surface area contributed by atoms with E-state index in [-0.39, 0.29) is 5.41 Å². The van der Waals surface area contributed by atoms with Gasteiger partial charge in [0.2, 0.25) is 0 Å². The van der Waals surface area contributed by atoms with Gasteiger partial charge in [0.05, 0.1) is 22.1 Å². The fraction of sp³-hybridized carbons (Fsp3) is 0.0938. The maximum Gasteiger partial charge on any atom is 0.0755 e. The van der Waals surface area contributed by atoms with Crippen LogP contribution in [0.25, 0.3) is 69.9 Å². The largest absolute Gasteiger partial charge is 0.311 e. The number of hydrogen-bond donors (Lipinski definition) is 0. The topological polar surface area (TPSA) is 8.17 Å². The van der Waals surface area contributed by atoms with Crippen LogP contribution in [-0.4, -0.2) is 4.57 Å². The Kier molecular flexibility index (Phi) is 7.52. The van der Waals surface area contributed by atoms with E-state index in [4.69, 9.17) is 0 Å². The maximum absolute atomic E-state index is 2.59. The molecule has 3 heteroatoms. The summed E-state index contributed by atoms with van der Waals surface area (Å²) >= 11 is 1.87. The highest BCUT2D eigenvalue weighted by molar-refractivity contribution is 7.25. The molecule has 2 aromatic heterocycles. The van der Waals surface area contributed by atoms with Gasteiger partial charge in [-0.15, -0.1) is 11.3 Å². The fourth-order valence-corrected chi connectivity index (χ4v) is 14.3. The number of allylic oxidation sites excluding steroid dienone is 3. The lowest BCUT2D eigenvalue weighted by atomic mass is 9.65. The van der Waals surface area contributed by atoms with Crippen LogP contribution in [0, 0.1) is 5.92 Å². The molecular formula is C64H44N2S. The van der Waals surface area contributed by atoms with Crippen LogP contribution in [0.5, 0.6) is 0 Å². The average molecular weight is 873 g/mol. The van der Waals surface area contributed by atoms with Crippen LogP contribution in [-0.2, 0) is 10.8 Å². The van der Waals surface area contributed by atoms with Crippen LogP contribution < -0.4 is 4.90 Å². The normalized spacial score (nSPS) is 19.1. The lowest BCUT2D eigenvalue weighted by Crippen LogP contribution is -2.33. The summed E-state index contributed by atoms with van der Waals surface area (Å²) < 4.78 is 5.19. The predicted octanol–water partition coefficient (Wildman–Crippen LogP) is 16.8. The number of aromatic nitrogens is 1. The molecule has 1 spiro atoms. The van der Waals surface area contributed by atoms with E-state index in [1.165, 1.54) is 109 Å². The highest BCUT2D eigenvalue weighted by atomic mass is 32.1.